The van der Waals surface area contributed by atoms with Crippen LogP contribution in [0.4, 0.5) is 0 Å². The number of piperidine rings is 1. The highest BCUT2D eigenvalue weighted by Crippen LogP contribution is 2.33. The van der Waals surface area contributed by atoms with Gasteiger partial charge in [-0.2, -0.15) is 0 Å². The number of hydrogen-bond donors (Lipinski definition) is 1. The van der Waals surface area contributed by atoms with Crippen molar-refractivity contribution >= 4 is 17.5 Å². The van der Waals surface area contributed by atoms with Gasteiger partial charge in [0.05, 0.1) is 12.5 Å². The fraction of sp³-hybridized carbons (Fsp3) is 0.533. The average Bonchev–Trinajstić information content (AvgIpc) is 2.47. The molecule has 1 amide bonds. The summed E-state index contributed by atoms with van der Waals surface area (Å²) in [7, 11) is 0. The highest BCUT2D eigenvalue weighted by Gasteiger charge is 2.25. The van der Waals surface area contributed by atoms with Gasteiger partial charge in [0.2, 0.25) is 5.91 Å². The summed E-state index contributed by atoms with van der Waals surface area (Å²) in [6, 6.07) is 3.81. The maximum Gasteiger partial charge on any atom is 0.221 e. The summed E-state index contributed by atoms with van der Waals surface area (Å²) in [6.07, 6.45) is 1.87. The second-order valence-corrected chi connectivity index (χ2v) is 6.08. The lowest BCUT2D eigenvalue weighted by Gasteiger charge is -2.32. The highest BCUT2D eigenvalue weighted by atomic mass is 35.5. The molecule has 1 aromatic rings. The van der Waals surface area contributed by atoms with Crippen LogP contribution in [0.2, 0.25) is 5.02 Å². The van der Waals surface area contributed by atoms with Crippen LogP contribution in [0.15, 0.2) is 12.1 Å². The van der Waals surface area contributed by atoms with Crippen LogP contribution in [0.5, 0.6) is 5.75 Å². The highest BCUT2D eigenvalue weighted by molar-refractivity contribution is 6.30. The number of ether oxygens (including phenoxy) is 2. The van der Waals surface area contributed by atoms with Crippen molar-refractivity contribution in [2.75, 3.05) is 19.9 Å². The van der Waals surface area contributed by atoms with Gasteiger partial charge in [0.15, 0.2) is 6.79 Å². The van der Waals surface area contributed by atoms with Crippen molar-refractivity contribution in [1.29, 1.82) is 0 Å². The molecule has 2 aliphatic heterocycles. The first-order valence-corrected chi connectivity index (χ1v) is 7.55. The van der Waals surface area contributed by atoms with Crippen LogP contribution in [0.25, 0.3) is 0 Å². The fourth-order valence-corrected chi connectivity index (χ4v) is 3.31. The topological polar surface area (TPSA) is 64.8 Å². The van der Waals surface area contributed by atoms with Crippen LogP contribution in [-0.2, 0) is 22.7 Å². The molecule has 0 spiro atoms. The van der Waals surface area contributed by atoms with Crippen molar-refractivity contribution in [1.82, 2.24) is 4.90 Å². The van der Waals surface area contributed by atoms with Crippen molar-refractivity contribution in [2.24, 2.45) is 11.7 Å². The Balaban J connectivity index is 1.78. The van der Waals surface area contributed by atoms with E-state index in [0.717, 1.165) is 36.3 Å². The zero-order valence-electron chi connectivity index (χ0n) is 11.8. The van der Waals surface area contributed by atoms with E-state index in [-0.39, 0.29) is 18.6 Å². The normalized spacial score (nSPS) is 22.4. The number of likely N-dealkylation sites (tertiary alicyclic amines) is 1. The molecule has 0 saturated carbocycles. The smallest absolute Gasteiger partial charge is 0.221 e. The number of carbonyl (C=O) groups is 1. The van der Waals surface area contributed by atoms with E-state index >= 15 is 0 Å². The monoisotopic (exact) mass is 310 g/mol. The maximum absolute atomic E-state index is 11.4. The average molecular weight is 311 g/mol. The number of nitrogens with zero attached hydrogens (tertiary/aromatic N) is 1. The molecule has 1 fully saturated rings. The molecule has 5 nitrogen and oxygen atoms in total. The van der Waals surface area contributed by atoms with Crippen molar-refractivity contribution in [3.05, 3.63) is 28.3 Å². The van der Waals surface area contributed by atoms with Gasteiger partial charge in [-0.05, 0) is 31.5 Å². The number of fused-ring (bicyclic) bond motifs is 1. The molecule has 3 rings (SSSR count). The molecule has 0 bridgehead atoms. The lowest BCUT2D eigenvalue weighted by Crippen LogP contribution is -2.40. The van der Waals surface area contributed by atoms with Crippen LogP contribution >= 0.6 is 11.6 Å². The zero-order valence-corrected chi connectivity index (χ0v) is 12.6. The third-order valence-electron chi connectivity index (χ3n) is 4.05. The Morgan fingerprint density at radius 1 is 1.48 bits per heavy atom. The van der Waals surface area contributed by atoms with Crippen molar-refractivity contribution in [2.45, 2.75) is 26.0 Å². The standard InChI is InChI=1S/C15H19ClN2O3/c16-13-4-11(14-12(5-13)8-20-9-21-14)7-18-3-1-2-10(6-18)15(17)19/h4-5,10H,1-3,6-9H2,(H2,17,19). The quantitative estimate of drug-likeness (QED) is 0.926. The summed E-state index contributed by atoms with van der Waals surface area (Å²) < 4.78 is 10.9. The third kappa shape index (κ3) is 3.31. The van der Waals surface area contributed by atoms with E-state index in [4.69, 9.17) is 26.8 Å². The largest absolute Gasteiger partial charge is 0.467 e. The Bertz CT molecular complexity index is 550. The Morgan fingerprint density at radius 2 is 2.33 bits per heavy atom. The predicted octanol–water partition coefficient (Wildman–Crippen LogP) is 1.90. The Labute approximate surface area is 128 Å². The third-order valence-corrected chi connectivity index (χ3v) is 4.27. The Morgan fingerprint density at radius 3 is 3.14 bits per heavy atom. The van der Waals surface area contributed by atoms with Gasteiger partial charge in [0.1, 0.15) is 5.75 Å². The van der Waals surface area contributed by atoms with E-state index in [2.05, 4.69) is 4.90 Å². The van der Waals surface area contributed by atoms with Gasteiger partial charge in [-0.15, -0.1) is 0 Å². The number of primary amides is 1. The van der Waals surface area contributed by atoms with Crippen molar-refractivity contribution in [3.8, 4) is 5.75 Å². The van der Waals surface area contributed by atoms with Crippen LogP contribution in [0.3, 0.4) is 0 Å². The molecular formula is C15H19ClN2O3. The molecule has 2 N–H and O–H groups in total. The number of carbonyl (C=O) groups excluding carboxylic acids is 1. The molecule has 114 valence electrons. The lowest BCUT2D eigenvalue weighted by molar-refractivity contribution is -0.123. The number of benzene rings is 1. The van der Waals surface area contributed by atoms with Gasteiger partial charge in [0, 0.05) is 29.2 Å². The number of hydrogen-bond acceptors (Lipinski definition) is 4. The molecule has 2 aliphatic rings. The Kier molecular flexibility index (Phi) is 4.33. The maximum atomic E-state index is 11.4. The number of nitrogens with two attached hydrogens (primary N) is 1. The molecule has 1 unspecified atom stereocenters. The minimum absolute atomic E-state index is 0.0574. The van der Waals surface area contributed by atoms with Crippen molar-refractivity contribution < 1.29 is 14.3 Å². The summed E-state index contributed by atoms with van der Waals surface area (Å²) in [6.45, 7) is 3.17. The fourth-order valence-electron chi connectivity index (χ4n) is 3.05. The van der Waals surface area contributed by atoms with Crippen LogP contribution in [-0.4, -0.2) is 30.7 Å². The lowest BCUT2D eigenvalue weighted by atomic mass is 9.97. The van der Waals surface area contributed by atoms with Crippen LogP contribution < -0.4 is 10.5 Å². The van der Waals surface area contributed by atoms with E-state index in [0.29, 0.717) is 24.7 Å². The molecule has 1 atom stereocenters. The van der Waals surface area contributed by atoms with E-state index in [1.807, 2.05) is 12.1 Å². The molecule has 0 radical (unpaired) electrons. The van der Waals surface area contributed by atoms with E-state index in [9.17, 15) is 4.79 Å². The Hall–Kier alpha value is -1.30. The molecular weight excluding hydrogens is 292 g/mol. The first kappa shape index (κ1) is 14.6. The minimum Gasteiger partial charge on any atom is -0.467 e. The predicted molar refractivity (Wildman–Crippen MR) is 78.9 cm³/mol. The summed E-state index contributed by atoms with van der Waals surface area (Å²) >= 11 is 6.17. The number of rotatable bonds is 3. The van der Waals surface area contributed by atoms with Gasteiger partial charge in [0.25, 0.3) is 0 Å². The summed E-state index contributed by atoms with van der Waals surface area (Å²) in [4.78, 5) is 13.6. The number of amides is 1. The van der Waals surface area contributed by atoms with Gasteiger partial charge in [-0.3, -0.25) is 9.69 Å². The molecule has 2 heterocycles. The number of halogens is 1. The molecule has 6 heteroatoms. The van der Waals surface area contributed by atoms with E-state index in [1.54, 1.807) is 0 Å². The van der Waals surface area contributed by atoms with Gasteiger partial charge < -0.3 is 15.2 Å². The van der Waals surface area contributed by atoms with Gasteiger partial charge in [-0.1, -0.05) is 11.6 Å². The summed E-state index contributed by atoms with van der Waals surface area (Å²) in [5.74, 6) is 0.599. The molecule has 1 aromatic carbocycles. The molecule has 0 aliphatic carbocycles. The zero-order chi connectivity index (χ0) is 14.8. The van der Waals surface area contributed by atoms with Gasteiger partial charge in [-0.25, -0.2) is 0 Å². The second kappa shape index (κ2) is 6.22. The van der Waals surface area contributed by atoms with E-state index in [1.165, 1.54) is 0 Å². The summed E-state index contributed by atoms with van der Waals surface area (Å²) in [5, 5.41) is 0.682. The minimum atomic E-state index is -0.211. The van der Waals surface area contributed by atoms with Crippen molar-refractivity contribution in [3.63, 3.8) is 0 Å². The molecule has 0 aromatic heterocycles. The van der Waals surface area contributed by atoms with Gasteiger partial charge >= 0.3 is 0 Å². The molecule has 1 saturated heterocycles. The second-order valence-electron chi connectivity index (χ2n) is 5.64. The van der Waals surface area contributed by atoms with Crippen LogP contribution in [0, 0.1) is 5.92 Å². The first-order valence-electron chi connectivity index (χ1n) is 7.17. The molecule has 21 heavy (non-hydrogen) atoms. The SMILES string of the molecule is NC(=O)C1CCCN(Cc2cc(Cl)cc3c2OCOC3)C1. The van der Waals surface area contributed by atoms with Crippen LogP contribution in [0.1, 0.15) is 24.0 Å². The summed E-state index contributed by atoms with van der Waals surface area (Å²) in [5.41, 5.74) is 7.46. The first-order chi connectivity index (χ1) is 10.1. The van der Waals surface area contributed by atoms with E-state index < -0.39 is 0 Å².